The van der Waals surface area contributed by atoms with Crippen LogP contribution in [0.5, 0.6) is 0 Å². The number of thiazole rings is 1. The maximum Gasteiger partial charge on any atom is 0.241 e. The Morgan fingerprint density at radius 1 is 1.18 bits per heavy atom. The molecule has 3 aromatic rings. The van der Waals surface area contributed by atoms with Crippen molar-refractivity contribution in [1.29, 1.82) is 5.26 Å². The second kappa shape index (κ2) is 8.33. The van der Waals surface area contributed by atoms with Crippen LogP contribution >= 0.6 is 11.3 Å². The molecule has 0 spiro atoms. The molecule has 0 radical (unpaired) electrons. The lowest BCUT2D eigenvalue weighted by Gasteiger charge is -2.05. The van der Waals surface area contributed by atoms with Gasteiger partial charge < -0.3 is 5.32 Å². The molecule has 0 unspecified atom stereocenters. The number of carbonyl (C=O) groups is 1. The van der Waals surface area contributed by atoms with Gasteiger partial charge in [-0.15, -0.1) is 11.3 Å². The number of carbonyl (C=O) groups excluding carboxylic acids is 1. The number of anilines is 1. The van der Waals surface area contributed by atoms with E-state index < -0.39 is 21.5 Å². The number of benzene rings is 2. The molecular formula is C20H17N3O3S2. The molecule has 1 amide bonds. The van der Waals surface area contributed by atoms with Gasteiger partial charge in [0, 0.05) is 10.9 Å². The molecule has 8 heteroatoms. The number of rotatable bonds is 6. The quantitative estimate of drug-likeness (QED) is 0.669. The highest BCUT2D eigenvalue weighted by Gasteiger charge is 2.19. The number of sulfone groups is 1. The summed E-state index contributed by atoms with van der Waals surface area (Å²) < 4.78 is 24.6. The molecule has 0 atom stereocenters. The molecular weight excluding hydrogens is 394 g/mol. The molecule has 142 valence electrons. The van der Waals surface area contributed by atoms with E-state index in [1.54, 1.807) is 24.3 Å². The zero-order chi connectivity index (χ0) is 20.1. The summed E-state index contributed by atoms with van der Waals surface area (Å²) in [6.45, 7) is 1.97. The lowest BCUT2D eigenvalue weighted by Crippen LogP contribution is -2.23. The molecule has 28 heavy (non-hydrogen) atoms. The van der Waals surface area contributed by atoms with Crippen molar-refractivity contribution >= 4 is 32.2 Å². The molecule has 0 saturated heterocycles. The minimum absolute atomic E-state index is 0.265. The summed E-state index contributed by atoms with van der Waals surface area (Å²) >= 11 is 1.25. The standard InChI is InChI=1S/C20H17N3O3S2/c1-14-4-2-3-5-17(14)18-11-27-20(22-18)23-19(24)13-28(25,26)12-16-8-6-15(10-21)7-9-16/h2-9,11H,12-13H2,1H3,(H,22,23,24). The van der Waals surface area contributed by atoms with Gasteiger partial charge in [0.25, 0.3) is 0 Å². The molecule has 0 saturated carbocycles. The number of hydrogen-bond donors (Lipinski definition) is 1. The van der Waals surface area contributed by atoms with E-state index in [1.165, 1.54) is 11.3 Å². The first-order chi connectivity index (χ1) is 13.4. The van der Waals surface area contributed by atoms with E-state index in [1.807, 2.05) is 42.6 Å². The van der Waals surface area contributed by atoms with Gasteiger partial charge in [0.15, 0.2) is 15.0 Å². The van der Waals surface area contributed by atoms with Crippen molar-refractivity contribution in [3.63, 3.8) is 0 Å². The number of aromatic nitrogens is 1. The molecule has 2 aromatic carbocycles. The van der Waals surface area contributed by atoms with Gasteiger partial charge in [0.05, 0.1) is 23.1 Å². The van der Waals surface area contributed by atoms with Crippen molar-refractivity contribution in [1.82, 2.24) is 4.98 Å². The molecule has 3 rings (SSSR count). The Kier molecular flexibility index (Phi) is 5.87. The van der Waals surface area contributed by atoms with Crippen molar-refractivity contribution < 1.29 is 13.2 Å². The van der Waals surface area contributed by atoms with Gasteiger partial charge in [-0.1, -0.05) is 36.4 Å². The average molecular weight is 412 g/mol. The highest BCUT2D eigenvalue weighted by atomic mass is 32.2. The fourth-order valence-electron chi connectivity index (χ4n) is 2.65. The van der Waals surface area contributed by atoms with Crippen LogP contribution in [-0.4, -0.2) is 25.1 Å². The minimum atomic E-state index is -3.64. The predicted octanol–water partition coefficient (Wildman–Crippen LogP) is 3.54. The molecule has 0 bridgehead atoms. The SMILES string of the molecule is Cc1ccccc1-c1csc(NC(=O)CS(=O)(=O)Cc2ccc(C#N)cc2)n1. The first-order valence-electron chi connectivity index (χ1n) is 8.37. The van der Waals surface area contributed by atoms with Crippen LogP contribution in [0.2, 0.25) is 0 Å². The number of aryl methyl sites for hydroxylation is 1. The number of nitrogens with one attached hydrogen (secondary N) is 1. The van der Waals surface area contributed by atoms with Crippen LogP contribution in [0, 0.1) is 18.3 Å². The molecule has 0 fully saturated rings. The van der Waals surface area contributed by atoms with Crippen molar-refractivity contribution in [3.05, 3.63) is 70.6 Å². The smallest absolute Gasteiger partial charge is 0.241 e. The third-order valence-corrected chi connectivity index (χ3v) is 6.23. The van der Waals surface area contributed by atoms with E-state index >= 15 is 0 Å². The summed E-state index contributed by atoms with van der Waals surface area (Å²) in [7, 11) is -3.64. The van der Waals surface area contributed by atoms with Crippen molar-refractivity contribution in [2.45, 2.75) is 12.7 Å². The summed E-state index contributed by atoms with van der Waals surface area (Å²) in [5, 5.41) is 13.5. The zero-order valence-electron chi connectivity index (χ0n) is 15.0. The fourth-order valence-corrected chi connectivity index (χ4v) is 4.65. The Balaban J connectivity index is 1.63. The Morgan fingerprint density at radius 3 is 2.57 bits per heavy atom. The second-order valence-electron chi connectivity index (χ2n) is 6.24. The van der Waals surface area contributed by atoms with E-state index in [2.05, 4.69) is 10.3 Å². The maximum atomic E-state index is 12.3. The van der Waals surface area contributed by atoms with Crippen molar-refractivity contribution in [3.8, 4) is 17.3 Å². The normalized spacial score (nSPS) is 11.0. The van der Waals surface area contributed by atoms with E-state index in [4.69, 9.17) is 5.26 Å². The molecule has 0 aliphatic carbocycles. The molecule has 0 aliphatic heterocycles. The van der Waals surface area contributed by atoms with Gasteiger partial charge in [0.2, 0.25) is 5.91 Å². The third-order valence-electron chi connectivity index (χ3n) is 3.99. The van der Waals surface area contributed by atoms with E-state index in [0.29, 0.717) is 16.3 Å². The van der Waals surface area contributed by atoms with Crippen LogP contribution in [0.3, 0.4) is 0 Å². The van der Waals surface area contributed by atoms with Crippen LogP contribution in [-0.2, 0) is 20.4 Å². The van der Waals surface area contributed by atoms with E-state index in [9.17, 15) is 13.2 Å². The highest BCUT2D eigenvalue weighted by Crippen LogP contribution is 2.27. The minimum Gasteiger partial charge on any atom is -0.301 e. The number of nitrogens with zero attached hydrogens (tertiary/aromatic N) is 2. The lowest BCUT2D eigenvalue weighted by atomic mass is 10.1. The Labute approximate surface area is 167 Å². The summed E-state index contributed by atoms with van der Waals surface area (Å²) in [6, 6.07) is 16.0. The zero-order valence-corrected chi connectivity index (χ0v) is 16.7. The van der Waals surface area contributed by atoms with Crippen LogP contribution in [0.25, 0.3) is 11.3 Å². The Bertz CT molecular complexity index is 1140. The number of nitriles is 1. The average Bonchev–Trinajstić information content (AvgIpc) is 3.09. The van der Waals surface area contributed by atoms with Crippen LogP contribution in [0.1, 0.15) is 16.7 Å². The first kappa shape index (κ1) is 19.7. The van der Waals surface area contributed by atoms with Crippen molar-refractivity contribution in [2.24, 2.45) is 0 Å². The largest absolute Gasteiger partial charge is 0.301 e. The van der Waals surface area contributed by atoms with E-state index in [-0.39, 0.29) is 5.75 Å². The molecule has 1 N–H and O–H groups in total. The highest BCUT2D eigenvalue weighted by molar-refractivity contribution is 7.91. The maximum absolute atomic E-state index is 12.3. The Hall–Kier alpha value is -3.02. The summed E-state index contributed by atoms with van der Waals surface area (Å²) in [4.78, 5) is 16.5. The topological polar surface area (TPSA) is 99.9 Å². The van der Waals surface area contributed by atoms with Gasteiger partial charge in [-0.05, 0) is 30.2 Å². The monoisotopic (exact) mass is 411 g/mol. The van der Waals surface area contributed by atoms with E-state index in [0.717, 1.165) is 16.8 Å². The molecule has 0 aliphatic rings. The summed E-state index contributed by atoms with van der Waals surface area (Å²) in [5.74, 6) is -1.52. The van der Waals surface area contributed by atoms with Gasteiger partial charge in [-0.2, -0.15) is 5.26 Å². The molecule has 1 aromatic heterocycles. The number of amides is 1. The summed E-state index contributed by atoms with van der Waals surface area (Å²) in [6.07, 6.45) is 0. The van der Waals surface area contributed by atoms with Gasteiger partial charge in [0.1, 0.15) is 5.75 Å². The lowest BCUT2D eigenvalue weighted by molar-refractivity contribution is -0.113. The summed E-state index contributed by atoms with van der Waals surface area (Å²) in [5.41, 5.74) is 3.75. The van der Waals surface area contributed by atoms with Gasteiger partial charge >= 0.3 is 0 Å². The van der Waals surface area contributed by atoms with Crippen LogP contribution in [0.4, 0.5) is 5.13 Å². The van der Waals surface area contributed by atoms with Crippen molar-refractivity contribution in [2.75, 3.05) is 11.1 Å². The molecule has 6 nitrogen and oxygen atoms in total. The van der Waals surface area contributed by atoms with Gasteiger partial charge in [-0.3, -0.25) is 4.79 Å². The van der Waals surface area contributed by atoms with Gasteiger partial charge in [-0.25, -0.2) is 13.4 Å². The third kappa shape index (κ3) is 5.03. The number of hydrogen-bond acceptors (Lipinski definition) is 6. The first-order valence-corrected chi connectivity index (χ1v) is 11.1. The molecule has 1 heterocycles. The Morgan fingerprint density at radius 2 is 1.89 bits per heavy atom. The predicted molar refractivity (Wildman–Crippen MR) is 110 cm³/mol. The second-order valence-corrected chi connectivity index (χ2v) is 9.16. The van der Waals surface area contributed by atoms with Crippen LogP contribution < -0.4 is 5.32 Å². The fraction of sp³-hybridized carbons (Fsp3) is 0.150. The van der Waals surface area contributed by atoms with Crippen LogP contribution in [0.15, 0.2) is 53.9 Å².